The molecule has 5 nitrogen and oxygen atoms in total. The number of amides is 1. The molecule has 0 saturated heterocycles. The number of H-pyrrole nitrogens is 1. The quantitative estimate of drug-likeness (QED) is 0.758. The first-order valence-electron chi connectivity index (χ1n) is 4.39. The summed E-state index contributed by atoms with van der Waals surface area (Å²) in [5.41, 5.74) is 0.464. The average molecular weight is 197 g/mol. The van der Waals surface area contributed by atoms with Crippen molar-refractivity contribution in [2.75, 3.05) is 0 Å². The van der Waals surface area contributed by atoms with Gasteiger partial charge in [0, 0.05) is 17.3 Å². The van der Waals surface area contributed by atoms with Crippen LogP contribution in [0.25, 0.3) is 0 Å². The average Bonchev–Trinajstić information content (AvgIpc) is 2.48. The Morgan fingerprint density at radius 1 is 1.64 bits per heavy atom. The lowest BCUT2D eigenvalue weighted by atomic mass is 10.1. The number of carboxylic acid groups (broad SMARTS) is 1. The lowest BCUT2D eigenvalue weighted by Gasteiger charge is -2.32. The van der Waals surface area contributed by atoms with E-state index in [4.69, 9.17) is 5.11 Å². The molecule has 0 aliphatic rings. The molecule has 1 amide bonds. The summed E-state index contributed by atoms with van der Waals surface area (Å²) in [6, 6.07) is 0. The largest absolute Gasteiger partial charge is 0.465 e. The first kappa shape index (κ1) is 10.6. The second-order valence-electron chi connectivity index (χ2n) is 4.15. The zero-order valence-electron chi connectivity index (χ0n) is 8.61. The number of carbonyl (C=O) groups is 1. The molecule has 0 unspecified atom stereocenters. The van der Waals surface area contributed by atoms with E-state index in [-0.39, 0.29) is 0 Å². The Balaban J connectivity index is 2.76. The fourth-order valence-electron chi connectivity index (χ4n) is 1.14. The highest BCUT2D eigenvalue weighted by atomic mass is 16.4. The van der Waals surface area contributed by atoms with Crippen molar-refractivity contribution in [3.8, 4) is 0 Å². The molecule has 0 aliphatic carbocycles. The number of aromatic amines is 1. The highest BCUT2D eigenvalue weighted by Crippen LogP contribution is 2.16. The Morgan fingerprint density at radius 2 is 2.29 bits per heavy atom. The van der Waals surface area contributed by atoms with Gasteiger partial charge in [-0.3, -0.25) is 10.00 Å². The Labute approximate surface area is 82.7 Å². The summed E-state index contributed by atoms with van der Waals surface area (Å²) >= 11 is 0. The monoisotopic (exact) mass is 197 g/mol. The van der Waals surface area contributed by atoms with Crippen LogP contribution in [-0.2, 0) is 6.54 Å². The van der Waals surface area contributed by atoms with Crippen LogP contribution in [0.2, 0.25) is 0 Å². The highest BCUT2D eigenvalue weighted by molar-refractivity contribution is 5.66. The normalized spacial score (nSPS) is 11.4. The van der Waals surface area contributed by atoms with E-state index in [2.05, 4.69) is 10.2 Å². The predicted octanol–water partition coefficient (Wildman–Crippen LogP) is 1.69. The maximum absolute atomic E-state index is 11.0. The van der Waals surface area contributed by atoms with Gasteiger partial charge in [-0.2, -0.15) is 5.10 Å². The lowest BCUT2D eigenvalue weighted by Crippen LogP contribution is -2.44. The van der Waals surface area contributed by atoms with Gasteiger partial charge in [0.25, 0.3) is 0 Å². The number of hydrogen-bond acceptors (Lipinski definition) is 2. The molecule has 0 saturated carbocycles. The summed E-state index contributed by atoms with van der Waals surface area (Å²) in [5.74, 6) is 0. The van der Waals surface area contributed by atoms with Gasteiger partial charge in [0.05, 0.1) is 12.7 Å². The number of nitrogens with one attached hydrogen (secondary N) is 1. The van der Waals surface area contributed by atoms with Gasteiger partial charge in [0.15, 0.2) is 0 Å². The second-order valence-corrected chi connectivity index (χ2v) is 4.15. The van der Waals surface area contributed by atoms with Gasteiger partial charge < -0.3 is 5.11 Å². The zero-order valence-corrected chi connectivity index (χ0v) is 8.61. The minimum atomic E-state index is -0.918. The third-order valence-electron chi connectivity index (χ3n) is 1.94. The third-order valence-corrected chi connectivity index (χ3v) is 1.94. The van der Waals surface area contributed by atoms with E-state index in [9.17, 15) is 4.79 Å². The molecule has 0 aromatic carbocycles. The maximum Gasteiger partial charge on any atom is 0.408 e. The molecule has 2 N–H and O–H groups in total. The summed E-state index contributed by atoms with van der Waals surface area (Å²) in [5, 5.41) is 15.4. The van der Waals surface area contributed by atoms with E-state index in [0.29, 0.717) is 6.54 Å². The van der Waals surface area contributed by atoms with Crippen molar-refractivity contribution in [3.05, 3.63) is 18.0 Å². The molecule has 1 rings (SSSR count). The SMILES string of the molecule is CC(C)(C)N(Cc1cn[nH]c1)C(=O)O. The van der Waals surface area contributed by atoms with Crippen LogP contribution in [0.5, 0.6) is 0 Å². The van der Waals surface area contributed by atoms with Crippen molar-refractivity contribution in [1.82, 2.24) is 15.1 Å². The Kier molecular flexibility index (Phi) is 2.78. The van der Waals surface area contributed by atoms with Gasteiger partial charge >= 0.3 is 6.09 Å². The van der Waals surface area contributed by atoms with E-state index >= 15 is 0 Å². The number of rotatable bonds is 2. The molecular weight excluding hydrogens is 182 g/mol. The molecule has 0 bridgehead atoms. The zero-order chi connectivity index (χ0) is 10.8. The van der Waals surface area contributed by atoms with Gasteiger partial charge in [-0.15, -0.1) is 0 Å². The summed E-state index contributed by atoms with van der Waals surface area (Å²) in [6.45, 7) is 5.94. The standard InChI is InChI=1S/C9H15N3O2/c1-9(2,3)12(8(13)14)6-7-4-10-11-5-7/h4-5H,6H2,1-3H3,(H,10,11)(H,13,14). The first-order chi connectivity index (χ1) is 6.41. The van der Waals surface area contributed by atoms with Gasteiger partial charge in [-0.05, 0) is 20.8 Å². The van der Waals surface area contributed by atoms with Crippen LogP contribution >= 0.6 is 0 Å². The molecule has 1 heterocycles. The molecule has 0 spiro atoms. The Bertz CT molecular complexity index is 300. The summed E-state index contributed by atoms with van der Waals surface area (Å²) in [7, 11) is 0. The van der Waals surface area contributed by atoms with Crippen molar-refractivity contribution >= 4 is 6.09 Å². The topological polar surface area (TPSA) is 69.2 Å². The Morgan fingerprint density at radius 3 is 2.64 bits per heavy atom. The fourth-order valence-corrected chi connectivity index (χ4v) is 1.14. The van der Waals surface area contributed by atoms with Crippen molar-refractivity contribution < 1.29 is 9.90 Å². The fraction of sp³-hybridized carbons (Fsp3) is 0.556. The summed E-state index contributed by atoms with van der Waals surface area (Å²) in [6.07, 6.45) is 2.40. The van der Waals surface area contributed by atoms with Crippen molar-refractivity contribution in [2.45, 2.75) is 32.9 Å². The minimum absolute atomic E-state index is 0.356. The van der Waals surface area contributed by atoms with Crippen molar-refractivity contribution in [2.24, 2.45) is 0 Å². The summed E-state index contributed by atoms with van der Waals surface area (Å²) in [4.78, 5) is 12.3. The van der Waals surface area contributed by atoms with Gasteiger partial charge in [0.2, 0.25) is 0 Å². The van der Waals surface area contributed by atoms with E-state index in [0.717, 1.165) is 5.56 Å². The van der Waals surface area contributed by atoms with E-state index in [1.165, 1.54) is 4.90 Å². The molecular formula is C9H15N3O2. The number of nitrogens with zero attached hydrogens (tertiary/aromatic N) is 2. The molecule has 0 radical (unpaired) electrons. The smallest absolute Gasteiger partial charge is 0.408 e. The Hall–Kier alpha value is -1.52. The van der Waals surface area contributed by atoms with Crippen LogP contribution in [-0.4, -0.2) is 31.8 Å². The van der Waals surface area contributed by atoms with E-state index in [1.807, 2.05) is 20.8 Å². The predicted molar refractivity (Wildman–Crippen MR) is 51.9 cm³/mol. The third kappa shape index (κ3) is 2.48. The molecule has 0 atom stereocenters. The van der Waals surface area contributed by atoms with Crippen molar-refractivity contribution in [3.63, 3.8) is 0 Å². The van der Waals surface area contributed by atoms with Crippen LogP contribution in [0.1, 0.15) is 26.3 Å². The molecule has 5 heteroatoms. The van der Waals surface area contributed by atoms with Crippen LogP contribution in [0, 0.1) is 0 Å². The van der Waals surface area contributed by atoms with E-state index < -0.39 is 11.6 Å². The van der Waals surface area contributed by atoms with Crippen LogP contribution < -0.4 is 0 Å². The van der Waals surface area contributed by atoms with Gasteiger partial charge in [-0.25, -0.2) is 4.79 Å². The maximum atomic E-state index is 11.0. The lowest BCUT2D eigenvalue weighted by molar-refractivity contribution is 0.0956. The van der Waals surface area contributed by atoms with E-state index in [1.54, 1.807) is 12.4 Å². The van der Waals surface area contributed by atoms with Crippen LogP contribution in [0.4, 0.5) is 4.79 Å². The first-order valence-corrected chi connectivity index (χ1v) is 4.39. The van der Waals surface area contributed by atoms with Gasteiger partial charge in [-0.1, -0.05) is 0 Å². The summed E-state index contributed by atoms with van der Waals surface area (Å²) < 4.78 is 0. The van der Waals surface area contributed by atoms with Gasteiger partial charge in [0.1, 0.15) is 0 Å². The minimum Gasteiger partial charge on any atom is -0.465 e. The van der Waals surface area contributed by atoms with Crippen molar-refractivity contribution in [1.29, 1.82) is 0 Å². The molecule has 78 valence electrons. The molecule has 0 fully saturated rings. The molecule has 0 aliphatic heterocycles. The molecule has 14 heavy (non-hydrogen) atoms. The number of aromatic nitrogens is 2. The van der Waals surface area contributed by atoms with Crippen LogP contribution in [0.15, 0.2) is 12.4 Å². The van der Waals surface area contributed by atoms with Crippen LogP contribution in [0.3, 0.4) is 0 Å². The second kappa shape index (κ2) is 3.69. The molecule has 1 aromatic rings. The highest BCUT2D eigenvalue weighted by Gasteiger charge is 2.26. The molecule has 1 aromatic heterocycles. The number of hydrogen-bond donors (Lipinski definition) is 2.